The van der Waals surface area contributed by atoms with E-state index in [1.54, 1.807) is 55.7 Å². The first-order chi connectivity index (χ1) is 16.3. The average Bonchev–Trinajstić information content (AvgIpc) is 2.83. The minimum Gasteiger partial charge on any atom is -0.497 e. The lowest BCUT2D eigenvalue weighted by atomic mass is 10.2. The largest absolute Gasteiger partial charge is 0.497 e. The Balaban J connectivity index is 1.57. The van der Waals surface area contributed by atoms with Crippen molar-refractivity contribution in [1.29, 1.82) is 0 Å². The summed E-state index contributed by atoms with van der Waals surface area (Å²) in [6, 6.07) is 19.8. The van der Waals surface area contributed by atoms with E-state index in [1.165, 1.54) is 25.3 Å². The number of benzene rings is 3. The molecule has 0 aromatic heterocycles. The van der Waals surface area contributed by atoms with Crippen molar-refractivity contribution in [2.75, 3.05) is 24.3 Å². The number of carbonyl (C=O) groups is 1. The number of carbonyl (C=O) groups excluding carboxylic acids is 1. The standard InChI is InChI=1S/C24H23N3O5S2/c1-31-20-12-8-19(9-13-20)27-34(29,30)21-14-10-18(11-15-21)25-24(33)26-23(28)16-7-17-5-3-4-6-22(17)32-2/h3-16,27H,1-2H3,(H2,25,26,28,33). The van der Waals surface area contributed by atoms with Crippen LogP contribution in [0.4, 0.5) is 11.4 Å². The van der Waals surface area contributed by atoms with Crippen molar-refractivity contribution in [2.45, 2.75) is 4.90 Å². The SMILES string of the molecule is COc1ccc(NS(=O)(=O)c2ccc(NC(=S)NC(=O)C=Cc3ccccc3OC)cc2)cc1. The second kappa shape index (κ2) is 11.3. The first-order valence-electron chi connectivity index (χ1n) is 10.0. The molecule has 3 N–H and O–H groups in total. The molecule has 3 aromatic carbocycles. The van der Waals surface area contributed by atoms with Crippen LogP contribution < -0.4 is 24.8 Å². The molecule has 0 radical (unpaired) electrons. The maximum absolute atomic E-state index is 12.6. The first-order valence-corrected chi connectivity index (χ1v) is 11.9. The number of rotatable bonds is 8. The number of ether oxygens (including phenoxy) is 2. The minimum absolute atomic E-state index is 0.0710. The van der Waals surface area contributed by atoms with Crippen molar-refractivity contribution in [3.8, 4) is 11.5 Å². The summed E-state index contributed by atoms with van der Waals surface area (Å²) in [4.78, 5) is 12.2. The van der Waals surface area contributed by atoms with Gasteiger partial charge in [0, 0.05) is 23.0 Å². The van der Waals surface area contributed by atoms with Gasteiger partial charge in [0.05, 0.1) is 19.1 Å². The van der Waals surface area contributed by atoms with Crippen LogP contribution in [0.5, 0.6) is 11.5 Å². The highest BCUT2D eigenvalue weighted by Gasteiger charge is 2.14. The Hall–Kier alpha value is -3.89. The van der Waals surface area contributed by atoms with Crippen molar-refractivity contribution in [1.82, 2.24) is 5.32 Å². The summed E-state index contributed by atoms with van der Waals surface area (Å²) in [5, 5.41) is 5.45. The predicted octanol–water partition coefficient (Wildman–Crippen LogP) is 4.03. The number of hydrogen-bond donors (Lipinski definition) is 3. The van der Waals surface area contributed by atoms with Gasteiger partial charge in [0.15, 0.2) is 5.11 Å². The van der Waals surface area contributed by atoms with Gasteiger partial charge >= 0.3 is 0 Å². The average molecular weight is 498 g/mol. The summed E-state index contributed by atoms with van der Waals surface area (Å²) in [6.45, 7) is 0. The van der Waals surface area contributed by atoms with E-state index in [0.717, 1.165) is 5.56 Å². The van der Waals surface area contributed by atoms with Gasteiger partial charge in [-0.3, -0.25) is 14.8 Å². The highest BCUT2D eigenvalue weighted by atomic mass is 32.2. The molecule has 0 fully saturated rings. The zero-order valence-electron chi connectivity index (χ0n) is 18.4. The molecular weight excluding hydrogens is 474 g/mol. The van der Waals surface area contributed by atoms with Crippen LogP contribution in [0.2, 0.25) is 0 Å². The number of thiocarbonyl (C=S) groups is 1. The van der Waals surface area contributed by atoms with Crippen molar-refractivity contribution >= 4 is 50.7 Å². The third kappa shape index (κ3) is 6.80. The summed E-state index contributed by atoms with van der Waals surface area (Å²) < 4.78 is 38.0. The molecule has 0 aliphatic heterocycles. The van der Waals surface area contributed by atoms with Gasteiger partial charge in [-0.25, -0.2) is 8.42 Å². The summed E-state index contributed by atoms with van der Waals surface area (Å²) in [7, 11) is -0.692. The zero-order valence-corrected chi connectivity index (χ0v) is 20.1. The van der Waals surface area contributed by atoms with E-state index >= 15 is 0 Å². The number of anilines is 2. The zero-order chi connectivity index (χ0) is 24.6. The third-order valence-electron chi connectivity index (χ3n) is 4.55. The molecule has 0 bridgehead atoms. The monoisotopic (exact) mass is 497 g/mol. The second-order valence-corrected chi connectivity index (χ2v) is 8.97. The Morgan fingerprint density at radius 2 is 1.53 bits per heavy atom. The fourth-order valence-electron chi connectivity index (χ4n) is 2.88. The number of para-hydroxylation sites is 1. The summed E-state index contributed by atoms with van der Waals surface area (Å²) in [6.07, 6.45) is 2.96. The highest BCUT2D eigenvalue weighted by Crippen LogP contribution is 2.21. The van der Waals surface area contributed by atoms with Crippen molar-refractivity contribution in [3.05, 3.63) is 84.4 Å². The van der Waals surface area contributed by atoms with Gasteiger partial charge in [-0.15, -0.1) is 0 Å². The maximum atomic E-state index is 12.6. The van der Waals surface area contributed by atoms with E-state index in [-0.39, 0.29) is 10.0 Å². The Morgan fingerprint density at radius 1 is 0.882 bits per heavy atom. The molecule has 8 nitrogen and oxygen atoms in total. The van der Waals surface area contributed by atoms with Gasteiger partial charge in [0.2, 0.25) is 5.91 Å². The molecule has 0 unspecified atom stereocenters. The van der Waals surface area contributed by atoms with E-state index in [2.05, 4.69) is 15.4 Å². The van der Waals surface area contributed by atoms with E-state index in [1.807, 2.05) is 18.2 Å². The van der Waals surface area contributed by atoms with Crippen LogP contribution in [0.1, 0.15) is 5.56 Å². The van der Waals surface area contributed by atoms with E-state index in [0.29, 0.717) is 22.9 Å². The molecule has 0 aliphatic rings. The van der Waals surface area contributed by atoms with Crippen LogP contribution >= 0.6 is 12.2 Å². The molecule has 1 amide bonds. The molecule has 176 valence electrons. The van der Waals surface area contributed by atoms with Gasteiger partial charge in [0.25, 0.3) is 10.0 Å². The number of methoxy groups -OCH3 is 2. The van der Waals surface area contributed by atoms with Crippen molar-refractivity contribution in [2.24, 2.45) is 0 Å². The fourth-order valence-corrected chi connectivity index (χ4v) is 4.15. The molecule has 3 rings (SSSR count). The molecule has 10 heteroatoms. The molecule has 0 heterocycles. The molecule has 0 atom stereocenters. The summed E-state index contributed by atoms with van der Waals surface area (Å²) in [5.74, 6) is 0.840. The van der Waals surface area contributed by atoms with E-state index in [9.17, 15) is 13.2 Å². The molecule has 34 heavy (non-hydrogen) atoms. The molecular formula is C24H23N3O5S2. The number of amides is 1. The Bertz CT molecular complexity index is 1290. The van der Waals surface area contributed by atoms with Crippen LogP contribution in [-0.4, -0.2) is 33.7 Å². The normalized spacial score (nSPS) is 11.0. The van der Waals surface area contributed by atoms with Crippen LogP contribution in [0.15, 0.2) is 83.8 Å². The smallest absolute Gasteiger partial charge is 0.261 e. The van der Waals surface area contributed by atoms with Crippen LogP contribution in [0.3, 0.4) is 0 Å². The molecule has 0 saturated carbocycles. The number of sulfonamides is 1. The molecule has 3 aromatic rings. The van der Waals surface area contributed by atoms with Crippen LogP contribution in [0.25, 0.3) is 6.08 Å². The van der Waals surface area contributed by atoms with Gasteiger partial charge in [-0.05, 0) is 72.9 Å². The topological polar surface area (TPSA) is 106 Å². The van der Waals surface area contributed by atoms with Crippen LogP contribution in [-0.2, 0) is 14.8 Å². The van der Waals surface area contributed by atoms with Crippen molar-refractivity contribution in [3.63, 3.8) is 0 Å². The van der Waals surface area contributed by atoms with Gasteiger partial charge in [0.1, 0.15) is 11.5 Å². The lowest BCUT2D eigenvalue weighted by Crippen LogP contribution is -2.32. The van der Waals surface area contributed by atoms with Gasteiger partial charge in [-0.2, -0.15) is 0 Å². The molecule has 0 aliphatic carbocycles. The molecule has 0 spiro atoms. The quantitative estimate of drug-likeness (QED) is 0.319. The Morgan fingerprint density at radius 3 is 2.18 bits per heavy atom. The van der Waals surface area contributed by atoms with E-state index in [4.69, 9.17) is 21.7 Å². The van der Waals surface area contributed by atoms with Crippen molar-refractivity contribution < 1.29 is 22.7 Å². The lowest BCUT2D eigenvalue weighted by Gasteiger charge is -2.11. The lowest BCUT2D eigenvalue weighted by molar-refractivity contribution is -0.115. The second-order valence-electron chi connectivity index (χ2n) is 6.88. The summed E-state index contributed by atoms with van der Waals surface area (Å²) >= 11 is 5.16. The van der Waals surface area contributed by atoms with Gasteiger partial charge in [-0.1, -0.05) is 18.2 Å². The molecule has 0 saturated heterocycles. The number of hydrogen-bond acceptors (Lipinski definition) is 6. The minimum atomic E-state index is -3.78. The Kier molecular flexibility index (Phi) is 8.23. The predicted molar refractivity (Wildman–Crippen MR) is 137 cm³/mol. The number of nitrogens with one attached hydrogen (secondary N) is 3. The summed E-state index contributed by atoms with van der Waals surface area (Å²) in [5.41, 5.74) is 1.68. The Labute approximate surface area is 203 Å². The van der Waals surface area contributed by atoms with Crippen LogP contribution in [0, 0.1) is 0 Å². The maximum Gasteiger partial charge on any atom is 0.261 e. The van der Waals surface area contributed by atoms with Gasteiger partial charge < -0.3 is 14.8 Å². The van der Waals surface area contributed by atoms with E-state index < -0.39 is 15.9 Å². The third-order valence-corrected chi connectivity index (χ3v) is 6.16. The highest BCUT2D eigenvalue weighted by molar-refractivity contribution is 7.92. The first kappa shape index (κ1) is 24.7. The fraction of sp³-hybridized carbons (Fsp3) is 0.0833.